The van der Waals surface area contributed by atoms with Gasteiger partial charge in [0.1, 0.15) is 5.82 Å². The molecule has 0 saturated heterocycles. The topological polar surface area (TPSA) is 43.4 Å². The molecule has 0 aliphatic heterocycles. The van der Waals surface area contributed by atoms with Gasteiger partial charge in [-0.25, -0.2) is 8.78 Å². The summed E-state index contributed by atoms with van der Waals surface area (Å²) in [6.45, 7) is 0. The SMILES string of the molecule is O=S(=O)(Oc1ccc2c(sc3c(F)cccc32)c1F)C(F)F. The minimum Gasteiger partial charge on any atom is -0.375 e. The summed E-state index contributed by atoms with van der Waals surface area (Å²) >= 11 is 0.751. The van der Waals surface area contributed by atoms with E-state index < -0.39 is 33.3 Å². The fourth-order valence-electron chi connectivity index (χ4n) is 2.00. The lowest BCUT2D eigenvalue weighted by atomic mass is 10.1. The van der Waals surface area contributed by atoms with Crippen molar-refractivity contribution in [3.05, 3.63) is 42.0 Å². The van der Waals surface area contributed by atoms with E-state index in [-0.39, 0.29) is 9.40 Å². The number of alkyl halides is 2. The summed E-state index contributed by atoms with van der Waals surface area (Å²) in [6, 6.07) is 6.45. The van der Waals surface area contributed by atoms with Crippen LogP contribution in [0.3, 0.4) is 0 Å². The monoisotopic (exact) mass is 350 g/mol. The summed E-state index contributed by atoms with van der Waals surface area (Å²) in [4.78, 5) is 0. The van der Waals surface area contributed by atoms with E-state index in [1.54, 1.807) is 6.07 Å². The first-order valence-corrected chi connectivity index (χ1v) is 8.11. The molecule has 0 saturated carbocycles. The average Bonchev–Trinajstić information content (AvgIpc) is 2.83. The van der Waals surface area contributed by atoms with E-state index in [2.05, 4.69) is 4.18 Å². The molecule has 22 heavy (non-hydrogen) atoms. The number of rotatable bonds is 3. The Balaban J connectivity index is 2.22. The molecule has 116 valence electrons. The Bertz CT molecular complexity index is 980. The van der Waals surface area contributed by atoms with E-state index in [9.17, 15) is 26.0 Å². The zero-order chi connectivity index (χ0) is 16.1. The minimum absolute atomic E-state index is 0.0675. The molecule has 0 bridgehead atoms. The molecule has 1 heterocycles. The zero-order valence-corrected chi connectivity index (χ0v) is 12.2. The second-order valence-electron chi connectivity index (χ2n) is 4.31. The molecule has 0 amide bonds. The lowest BCUT2D eigenvalue weighted by molar-refractivity contribution is 0.219. The average molecular weight is 350 g/mol. The number of thiophene rings is 1. The van der Waals surface area contributed by atoms with Crippen LogP contribution in [0.1, 0.15) is 0 Å². The van der Waals surface area contributed by atoms with Gasteiger partial charge < -0.3 is 4.18 Å². The molecular weight excluding hydrogens is 344 g/mol. The predicted molar refractivity (Wildman–Crippen MR) is 74.8 cm³/mol. The molecule has 0 radical (unpaired) electrons. The molecule has 0 aliphatic carbocycles. The Morgan fingerprint density at radius 2 is 1.68 bits per heavy atom. The van der Waals surface area contributed by atoms with Gasteiger partial charge in [0.15, 0.2) is 11.6 Å². The first kappa shape index (κ1) is 15.0. The van der Waals surface area contributed by atoms with Crippen molar-refractivity contribution in [2.75, 3.05) is 0 Å². The van der Waals surface area contributed by atoms with Crippen LogP contribution in [0.25, 0.3) is 20.2 Å². The third-order valence-corrected chi connectivity index (χ3v) is 5.02. The third kappa shape index (κ3) is 2.30. The fourth-order valence-corrected chi connectivity index (χ4v) is 3.59. The second kappa shape index (κ2) is 5.10. The van der Waals surface area contributed by atoms with Gasteiger partial charge in [0.2, 0.25) is 0 Å². The second-order valence-corrected chi connectivity index (χ2v) is 6.84. The molecule has 0 unspecified atom stereocenters. The maximum absolute atomic E-state index is 14.3. The van der Waals surface area contributed by atoms with Crippen LogP contribution >= 0.6 is 11.3 Å². The largest absolute Gasteiger partial charge is 0.375 e. The van der Waals surface area contributed by atoms with Gasteiger partial charge in [-0.2, -0.15) is 17.2 Å². The van der Waals surface area contributed by atoms with Crippen molar-refractivity contribution >= 4 is 41.6 Å². The van der Waals surface area contributed by atoms with Crippen LogP contribution in [0.4, 0.5) is 17.6 Å². The summed E-state index contributed by atoms with van der Waals surface area (Å²) in [5.74, 6) is -6.31. The molecule has 2 aromatic carbocycles. The van der Waals surface area contributed by atoms with E-state index in [0.717, 1.165) is 17.4 Å². The van der Waals surface area contributed by atoms with Gasteiger partial charge in [-0.1, -0.05) is 12.1 Å². The number of hydrogen-bond acceptors (Lipinski definition) is 4. The highest BCUT2D eigenvalue weighted by Gasteiger charge is 2.28. The van der Waals surface area contributed by atoms with Crippen molar-refractivity contribution in [1.29, 1.82) is 0 Å². The van der Waals surface area contributed by atoms with E-state index in [4.69, 9.17) is 0 Å². The number of halogens is 4. The first-order chi connectivity index (χ1) is 10.3. The van der Waals surface area contributed by atoms with Gasteiger partial charge in [-0.3, -0.25) is 0 Å². The van der Waals surface area contributed by atoms with Crippen LogP contribution in [0.15, 0.2) is 30.3 Å². The van der Waals surface area contributed by atoms with Crippen LogP contribution in [-0.4, -0.2) is 14.2 Å². The Morgan fingerprint density at radius 1 is 1.00 bits per heavy atom. The van der Waals surface area contributed by atoms with Crippen molar-refractivity contribution in [3.8, 4) is 5.75 Å². The van der Waals surface area contributed by atoms with Gasteiger partial charge in [-0.15, -0.1) is 11.3 Å². The van der Waals surface area contributed by atoms with Crippen LogP contribution < -0.4 is 4.18 Å². The van der Waals surface area contributed by atoms with Gasteiger partial charge in [0, 0.05) is 10.8 Å². The molecule has 9 heteroatoms. The molecule has 1 aromatic heterocycles. The molecule has 3 aromatic rings. The van der Waals surface area contributed by atoms with Crippen LogP contribution in [0, 0.1) is 11.6 Å². The summed E-state index contributed by atoms with van der Waals surface area (Å²) in [6.07, 6.45) is 0. The van der Waals surface area contributed by atoms with Crippen molar-refractivity contribution in [2.45, 2.75) is 5.76 Å². The number of hydrogen-bond donors (Lipinski definition) is 0. The fraction of sp³-hybridized carbons (Fsp3) is 0.0769. The van der Waals surface area contributed by atoms with Crippen molar-refractivity contribution in [3.63, 3.8) is 0 Å². The summed E-state index contributed by atoms with van der Waals surface area (Å²) < 4.78 is 78.8. The minimum atomic E-state index is -5.22. The van der Waals surface area contributed by atoms with Gasteiger partial charge in [-0.05, 0) is 18.2 Å². The van der Waals surface area contributed by atoms with Crippen molar-refractivity contribution < 1.29 is 30.2 Å². The number of fused-ring (bicyclic) bond motifs is 3. The van der Waals surface area contributed by atoms with E-state index in [0.29, 0.717) is 10.8 Å². The number of benzene rings is 2. The Morgan fingerprint density at radius 3 is 2.36 bits per heavy atom. The first-order valence-electron chi connectivity index (χ1n) is 5.82. The lowest BCUT2D eigenvalue weighted by Gasteiger charge is -2.07. The van der Waals surface area contributed by atoms with Crippen molar-refractivity contribution in [1.82, 2.24) is 0 Å². The summed E-state index contributed by atoms with van der Waals surface area (Å²) in [5, 5.41) is 0.793. The summed E-state index contributed by atoms with van der Waals surface area (Å²) in [5.41, 5.74) is 0. The predicted octanol–water partition coefficient (Wildman–Crippen LogP) is 4.26. The molecule has 3 nitrogen and oxygen atoms in total. The molecule has 0 spiro atoms. The molecular formula is C13H6F4O3S2. The highest BCUT2D eigenvalue weighted by atomic mass is 32.2. The Labute approximate surface area is 125 Å². The molecule has 0 atom stereocenters. The maximum atomic E-state index is 14.3. The quantitative estimate of drug-likeness (QED) is 0.524. The summed E-state index contributed by atoms with van der Waals surface area (Å²) in [7, 11) is -5.22. The normalized spacial score (nSPS) is 12.4. The van der Waals surface area contributed by atoms with E-state index in [1.807, 2.05) is 0 Å². The van der Waals surface area contributed by atoms with Crippen LogP contribution in [0.5, 0.6) is 5.75 Å². The standard InChI is InChI=1S/C13H6F4O3S2/c14-8-3-1-2-6-7-4-5-9(20-22(18,19)13(16)17)10(15)12(7)21-11(6)8/h1-5,13H. The Kier molecular flexibility index (Phi) is 3.48. The lowest BCUT2D eigenvalue weighted by Crippen LogP contribution is -2.18. The molecule has 0 aliphatic rings. The zero-order valence-electron chi connectivity index (χ0n) is 10.5. The highest BCUT2D eigenvalue weighted by Crippen LogP contribution is 2.39. The van der Waals surface area contributed by atoms with Crippen molar-refractivity contribution in [2.24, 2.45) is 0 Å². The van der Waals surface area contributed by atoms with Gasteiger partial charge in [0.05, 0.1) is 9.40 Å². The van der Waals surface area contributed by atoms with Gasteiger partial charge in [0.25, 0.3) is 0 Å². The molecule has 3 rings (SSSR count). The van der Waals surface area contributed by atoms with Gasteiger partial charge >= 0.3 is 15.9 Å². The smallest absolute Gasteiger partial charge is 0.373 e. The molecule has 0 N–H and O–H groups in total. The molecule has 0 fully saturated rings. The van der Waals surface area contributed by atoms with E-state index in [1.165, 1.54) is 18.2 Å². The highest BCUT2D eigenvalue weighted by molar-refractivity contribution is 7.87. The van der Waals surface area contributed by atoms with Crippen LogP contribution in [0.2, 0.25) is 0 Å². The van der Waals surface area contributed by atoms with Crippen LogP contribution in [-0.2, 0) is 10.1 Å². The van der Waals surface area contributed by atoms with E-state index >= 15 is 0 Å². The third-order valence-electron chi connectivity index (χ3n) is 2.95. The maximum Gasteiger partial charge on any atom is 0.373 e. The Hall–Kier alpha value is -1.87.